The summed E-state index contributed by atoms with van der Waals surface area (Å²) in [6, 6.07) is 9.14. The minimum absolute atomic E-state index is 0.0468. The van der Waals surface area contributed by atoms with Crippen molar-refractivity contribution in [2.75, 3.05) is 6.61 Å². The van der Waals surface area contributed by atoms with E-state index in [1.54, 1.807) is 19.1 Å². The summed E-state index contributed by atoms with van der Waals surface area (Å²) in [6.07, 6.45) is 6.98. The van der Waals surface area contributed by atoms with Crippen molar-refractivity contribution in [3.63, 3.8) is 0 Å². The van der Waals surface area contributed by atoms with E-state index >= 15 is 8.78 Å². The normalized spacial score (nSPS) is 26.4. The lowest BCUT2D eigenvalue weighted by Gasteiger charge is -2.37. The molecule has 0 bridgehead atoms. The van der Waals surface area contributed by atoms with Crippen LogP contribution in [0.5, 0.6) is 0 Å². The van der Waals surface area contributed by atoms with Gasteiger partial charge in [0.2, 0.25) is 0 Å². The van der Waals surface area contributed by atoms with Crippen molar-refractivity contribution in [3.05, 3.63) is 63.7 Å². The van der Waals surface area contributed by atoms with Crippen molar-refractivity contribution in [1.29, 1.82) is 0 Å². The summed E-state index contributed by atoms with van der Waals surface area (Å²) < 4.78 is 37.0. The predicted molar refractivity (Wildman–Crippen MR) is 133 cm³/mol. The van der Waals surface area contributed by atoms with Crippen LogP contribution in [0.15, 0.2) is 30.3 Å². The highest BCUT2D eigenvalue weighted by atomic mass is 19.3. The van der Waals surface area contributed by atoms with Gasteiger partial charge < -0.3 is 4.74 Å². The molecule has 33 heavy (non-hydrogen) atoms. The molecule has 2 atom stereocenters. The lowest BCUT2D eigenvalue weighted by molar-refractivity contribution is -0.0401. The molecule has 1 saturated heterocycles. The van der Waals surface area contributed by atoms with Crippen molar-refractivity contribution in [1.82, 2.24) is 0 Å². The molecule has 1 heterocycles. The zero-order chi connectivity index (χ0) is 23.8. The lowest BCUT2D eigenvalue weighted by Crippen LogP contribution is -2.31. The number of hydrogen-bond acceptors (Lipinski definition) is 1. The third kappa shape index (κ3) is 5.53. The molecule has 2 aromatic carbocycles. The topological polar surface area (TPSA) is 9.23 Å². The summed E-state index contributed by atoms with van der Waals surface area (Å²) in [4.78, 5) is 0. The number of ether oxygens (including phenoxy) is 1. The fourth-order valence-electron chi connectivity index (χ4n) is 5.95. The highest BCUT2D eigenvalue weighted by molar-refractivity contribution is 6.33. The predicted octanol–water partition coefficient (Wildman–Crippen LogP) is 7.03. The van der Waals surface area contributed by atoms with Gasteiger partial charge in [-0.25, -0.2) is 8.78 Å². The smallest absolute Gasteiger partial charge is 0.276 e. The first-order valence-electron chi connectivity index (χ1n) is 12.6. The fraction of sp³-hybridized carbons (Fsp3) is 0.586. The average Bonchev–Trinajstić information content (AvgIpc) is 2.76. The molecule has 176 valence electrons. The highest BCUT2D eigenvalue weighted by Crippen LogP contribution is 2.41. The number of benzene rings is 2. The number of halogens is 2. The molecule has 1 aliphatic heterocycles. The third-order valence-electron chi connectivity index (χ3n) is 8.16. The second-order valence-corrected chi connectivity index (χ2v) is 10.8. The molecular formula is C29H37BF2O. The van der Waals surface area contributed by atoms with Gasteiger partial charge in [0.05, 0.1) is 12.7 Å². The van der Waals surface area contributed by atoms with Gasteiger partial charge in [0.15, 0.2) is 0 Å². The van der Waals surface area contributed by atoms with Crippen LogP contribution in [0.3, 0.4) is 0 Å². The van der Waals surface area contributed by atoms with E-state index in [4.69, 9.17) is 12.6 Å². The van der Waals surface area contributed by atoms with Gasteiger partial charge in [-0.15, -0.1) is 0 Å². The van der Waals surface area contributed by atoms with E-state index < -0.39 is 5.92 Å². The Labute approximate surface area is 199 Å². The van der Waals surface area contributed by atoms with Crippen molar-refractivity contribution in [2.45, 2.75) is 84.7 Å². The molecule has 1 nitrogen and oxygen atoms in total. The van der Waals surface area contributed by atoms with Crippen LogP contribution in [0, 0.1) is 38.5 Å². The van der Waals surface area contributed by atoms with Crippen LogP contribution in [0.25, 0.3) is 0 Å². The first-order valence-corrected chi connectivity index (χ1v) is 12.6. The van der Waals surface area contributed by atoms with E-state index in [0.29, 0.717) is 17.0 Å². The fourth-order valence-corrected chi connectivity index (χ4v) is 5.95. The van der Waals surface area contributed by atoms with Gasteiger partial charge in [-0.1, -0.05) is 55.6 Å². The lowest BCUT2D eigenvalue weighted by atomic mass is 9.74. The largest absolute Gasteiger partial charge is 0.373 e. The quantitative estimate of drug-likeness (QED) is 0.444. The Bertz CT molecular complexity index is 947. The SMILES string of the molecule is [B]c1cc(C2CCC(C3CCC(C)CC3)CO2)cc(C)c1C(F)(F)Cc1ccc(C)c(C)c1. The highest BCUT2D eigenvalue weighted by Gasteiger charge is 2.36. The van der Waals surface area contributed by atoms with E-state index in [9.17, 15) is 0 Å². The molecule has 0 aromatic heterocycles. The van der Waals surface area contributed by atoms with Gasteiger partial charge >= 0.3 is 0 Å². The molecule has 1 aliphatic carbocycles. The first-order chi connectivity index (χ1) is 15.6. The zero-order valence-corrected chi connectivity index (χ0v) is 20.6. The zero-order valence-electron chi connectivity index (χ0n) is 20.6. The maximum atomic E-state index is 15.3. The maximum absolute atomic E-state index is 15.3. The second kappa shape index (κ2) is 9.90. The van der Waals surface area contributed by atoms with Gasteiger partial charge in [0, 0.05) is 12.0 Å². The summed E-state index contributed by atoms with van der Waals surface area (Å²) in [5.74, 6) is -0.754. The summed E-state index contributed by atoms with van der Waals surface area (Å²) in [5, 5.41) is 0. The Morgan fingerprint density at radius 2 is 1.58 bits per heavy atom. The summed E-state index contributed by atoms with van der Waals surface area (Å²) in [5.41, 5.74) is 4.37. The summed E-state index contributed by atoms with van der Waals surface area (Å²) in [6.45, 7) is 8.81. The minimum Gasteiger partial charge on any atom is -0.373 e. The average molecular weight is 450 g/mol. The molecule has 0 N–H and O–H groups in total. The van der Waals surface area contributed by atoms with Gasteiger partial charge in [0.1, 0.15) is 7.85 Å². The molecule has 2 aromatic rings. The van der Waals surface area contributed by atoms with Crippen LogP contribution < -0.4 is 5.46 Å². The molecule has 2 aliphatic rings. The number of alkyl halides is 2. The Morgan fingerprint density at radius 3 is 2.18 bits per heavy atom. The minimum atomic E-state index is -3.02. The molecule has 4 rings (SSSR count). The van der Waals surface area contributed by atoms with Crippen molar-refractivity contribution >= 4 is 13.3 Å². The van der Waals surface area contributed by atoms with Crippen LogP contribution in [0.4, 0.5) is 8.78 Å². The molecule has 2 fully saturated rings. The molecule has 4 heteroatoms. The Kier molecular flexibility index (Phi) is 7.33. The van der Waals surface area contributed by atoms with Crippen LogP contribution in [0.1, 0.15) is 84.9 Å². The monoisotopic (exact) mass is 450 g/mol. The van der Waals surface area contributed by atoms with Gasteiger partial charge in [-0.05, 0) is 92.0 Å². The number of hydrogen-bond donors (Lipinski definition) is 0. The van der Waals surface area contributed by atoms with Gasteiger partial charge in [0.25, 0.3) is 5.92 Å². The summed E-state index contributed by atoms with van der Waals surface area (Å²) in [7, 11) is 6.24. The molecule has 0 amide bonds. The standard InChI is InChI=1S/C29H37BF2O/c1-18-5-9-23(10-6-18)24-11-12-27(33-17-24)25-14-21(4)28(26(30)15-25)29(31,32)16-22-8-7-19(2)20(3)13-22/h7-8,13-15,18,23-24,27H,5-6,9-12,16-17H2,1-4H3. The van der Waals surface area contributed by atoms with E-state index in [2.05, 4.69) is 6.92 Å². The van der Waals surface area contributed by atoms with Crippen LogP contribution >= 0.6 is 0 Å². The summed E-state index contributed by atoms with van der Waals surface area (Å²) >= 11 is 0. The van der Waals surface area contributed by atoms with Crippen molar-refractivity contribution in [3.8, 4) is 0 Å². The maximum Gasteiger partial charge on any atom is 0.276 e. The Balaban J connectivity index is 1.45. The Morgan fingerprint density at radius 1 is 0.879 bits per heavy atom. The van der Waals surface area contributed by atoms with E-state index in [1.165, 1.54) is 25.7 Å². The van der Waals surface area contributed by atoms with Crippen LogP contribution in [-0.2, 0) is 17.1 Å². The Hall–Kier alpha value is -1.68. The molecule has 2 unspecified atom stereocenters. The molecule has 2 radical (unpaired) electrons. The molecule has 1 saturated carbocycles. The number of rotatable bonds is 5. The first kappa shape index (κ1) is 24.4. The van der Waals surface area contributed by atoms with Gasteiger partial charge in [-0.2, -0.15) is 0 Å². The van der Waals surface area contributed by atoms with Crippen LogP contribution in [0.2, 0.25) is 0 Å². The van der Waals surface area contributed by atoms with Gasteiger partial charge in [-0.3, -0.25) is 0 Å². The van der Waals surface area contributed by atoms with Crippen molar-refractivity contribution in [2.24, 2.45) is 17.8 Å². The van der Waals surface area contributed by atoms with Crippen LogP contribution in [-0.4, -0.2) is 14.5 Å². The van der Waals surface area contributed by atoms with E-state index in [0.717, 1.165) is 48.0 Å². The second-order valence-electron chi connectivity index (χ2n) is 10.8. The van der Waals surface area contributed by atoms with E-state index in [-0.39, 0.29) is 23.6 Å². The van der Waals surface area contributed by atoms with E-state index in [1.807, 2.05) is 32.0 Å². The molecular weight excluding hydrogens is 413 g/mol. The third-order valence-corrected chi connectivity index (χ3v) is 8.16. The molecule has 0 spiro atoms. The number of aryl methyl sites for hydroxylation is 3. The van der Waals surface area contributed by atoms with Crippen molar-refractivity contribution < 1.29 is 13.5 Å².